The van der Waals surface area contributed by atoms with Gasteiger partial charge in [0.2, 0.25) is 0 Å². The first kappa shape index (κ1) is 25.0. The lowest BCUT2D eigenvalue weighted by atomic mass is 10.0. The number of fused-ring (bicyclic) bond motifs is 1. The Labute approximate surface area is 199 Å². The fourth-order valence-electron chi connectivity index (χ4n) is 4.37. The van der Waals surface area contributed by atoms with Crippen molar-refractivity contribution < 1.29 is 0 Å². The molecular weight excluding hydrogens is 408 g/mol. The van der Waals surface area contributed by atoms with Gasteiger partial charge in [0, 0.05) is 6.54 Å². The van der Waals surface area contributed by atoms with Crippen LogP contribution in [-0.4, -0.2) is 26.1 Å². The number of nitrogens with zero attached hydrogens (tertiary/aromatic N) is 4. The summed E-state index contributed by atoms with van der Waals surface area (Å²) in [6, 6.07) is 7.97. The molecule has 0 atom stereocenters. The van der Waals surface area contributed by atoms with Crippen LogP contribution in [0.1, 0.15) is 96.8 Å². The van der Waals surface area contributed by atoms with Gasteiger partial charge in [0.1, 0.15) is 18.3 Å². The average Bonchev–Trinajstić information content (AvgIpc) is 3.26. The number of hydrogen-bond acceptors (Lipinski definition) is 5. The van der Waals surface area contributed by atoms with E-state index in [4.69, 9.17) is 5.73 Å². The van der Waals surface area contributed by atoms with Crippen molar-refractivity contribution in [1.29, 1.82) is 0 Å². The Hall–Kier alpha value is -2.63. The molecule has 0 amide bonds. The lowest BCUT2D eigenvalue weighted by Gasteiger charge is -2.12. The van der Waals surface area contributed by atoms with E-state index in [0.717, 1.165) is 24.0 Å². The third-order valence-corrected chi connectivity index (χ3v) is 6.37. The fraction of sp³-hybridized carbons (Fsp3) is 0.593. The predicted molar refractivity (Wildman–Crippen MR) is 140 cm³/mol. The van der Waals surface area contributed by atoms with Crippen molar-refractivity contribution >= 4 is 22.5 Å². The van der Waals surface area contributed by atoms with Gasteiger partial charge in [0.15, 0.2) is 11.6 Å². The molecule has 6 nitrogen and oxygen atoms in total. The van der Waals surface area contributed by atoms with Gasteiger partial charge in [-0.3, -0.25) is 4.57 Å². The molecule has 0 radical (unpaired) electrons. The Balaban J connectivity index is 1.27. The van der Waals surface area contributed by atoms with Gasteiger partial charge < -0.3 is 11.1 Å². The number of anilines is 2. The van der Waals surface area contributed by atoms with Gasteiger partial charge in [0.25, 0.3) is 0 Å². The smallest absolute Gasteiger partial charge is 0.167 e. The van der Waals surface area contributed by atoms with E-state index in [1.165, 1.54) is 83.5 Å². The van der Waals surface area contributed by atoms with Crippen molar-refractivity contribution in [2.75, 3.05) is 17.6 Å². The Morgan fingerprint density at radius 3 is 2.03 bits per heavy atom. The Morgan fingerprint density at radius 1 is 0.758 bits per heavy atom. The Kier molecular flexibility index (Phi) is 11.0. The zero-order valence-electron chi connectivity index (χ0n) is 20.4. The Bertz CT molecular complexity index is 935. The van der Waals surface area contributed by atoms with Gasteiger partial charge >= 0.3 is 0 Å². The molecule has 0 spiro atoms. The molecular formula is C27H42N6. The lowest BCUT2D eigenvalue weighted by Crippen LogP contribution is -2.10. The maximum atomic E-state index is 6.39. The lowest BCUT2D eigenvalue weighted by molar-refractivity contribution is 0.537. The van der Waals surface area contributed by atoms with Crippen molar-refractivity contribution in [2.24, 2.45) is 0 Å². The number of unbranched alkanes of at least 4 members (excludes halogenated alkanes) is 13. The number of hydrogen-bond donors (Lipinski definition) is 2. The number of nitrogen functional groups attached to an aromatic ring is 1. The quantitative estimate of drug-likeness (QED) is 0.211. The normalized spacial score (nSPS) is 11.3. The molecule has 0 saturated carbocycles. The number of nitrogens with one attached hydrogen (secondary N) is 1. The first-order chi connectivity index (χ1) is 16.3. The summed E-state index contributed by atoms with van der Waals surface area (Å²) >= 11 is 0. The van der Waals surface area contributed by atoms with Gasteiger partial charge in [-0.25, -0.2) is 15.0 Å². The standard InChI is InChI=1S/C27H42N6/c1-2-3-4-5-6-7-8-9-10-11-12-13-14-17-20-29-26-25(28)27(31-21-30-26)33-22-32-23-18-15-16-19-24(23)33/h15-16,18-19,21-22H,2-14,17,20,28H2,1H3,(H,29,30,31). The van der Waals surface area contributed by atoms with Gasteiger partial charge in [-0.1, -0.05) is 103 Å². The van der Waals surface area contributed by atoms with Crippen LogP contribution in [0, 0.1) is 0 Å². The summed E-state index contributed by atoms with van der Waals surface area (Å²) in [6.45, 7) is 3.16. The largest absolute Gasteiger partial charge is 0.393 e. The van der Waals surface area contributed by atoms with Crippen LogP contribution >= 0.6 is 0 Å². The molecule has 0 bridgehead atoms. The van der Waals surface area contributed by atoms with Crippen molar-refractivity contribution in [3.8, 4) is 5.82 Å². The van der Waals surface area contributed by atoms with Crippen LogP contribution in [-0.2, 0) is 0 Å². The minimum absolute atomic E-state index is 0.561. The molecule has 0 aliphatic carbocycles. The third kappa shape index (κ3) is 8.02. The monoisotopic (exact) mass is 450 g/mol. The van der Waals surface area contributed by atoms with Gasteiger partial charge in [0.05, 0.1) is 11.0 Å². The van der Waals surface area contributed by atoms with E-state index in [0.29, 0.717) is 17.3 Å². The predicted octanol–water partition coefficient (Wildman–Crippen LogP) is 7.29. The van der Waals surface area contributed by atoms with Crippen molar-refractivity contribution in [3.63, 3.8) is 0 Å². The summed E-state index contributed by atoms with van der Waals surface area (Å²) in [5, 5.41) is 3.40. The maximum Gasteiger partial charge on any atom is 0.167 e. The molecule has 2 aromatic heterocycles. The zero-order valence-corrected chi connectivity index (χ0v) is 20.4. The van der Waals surface area contributed by atoms with Crippen molar-refractivity contribution in [2.45, 2.75) is 96.8 Å². The van der Waals surface area contributed by atoms with E-state index >= 15 is 0 Å². The van der Waals surface area contributed by atoms with Crippen LogP contribution in [0.2, 0.25) is 0 Å². The van der Waals surface area contributed by atoms with Gasteiger partial charge in [-0.05, 0) is 18.6 Å². The van der Waals surface area contributed by atoms with Crippen LogP contribution < -0.4 is 11.1 Å². The second-order valence-electron chi connectivity index (χ2n) is 9.09. The number of rotatable bonds is 17. The molecule has 6 heteroatoms. The van der Waals surface area contributed by atoms with E-state index in [2.05, 4.69) is 27.2 Å². The van der Waals surface area contributed by atoms with Gasteiger partial charge in [-0.15, -0.1) is 0 Å². The highest BCUT2D eigenvalue weighted by Gasteiger charge is 2.12. The first-order valence-corrected chi connectivity index (χ1v) is 13.1. The second kappa shape index (κ2) is 14.5. The molecule has 0 saturated heterocycles. The third-order valence-electron chi connectivity index (χ3n) is 6.37. The average molecular weight is 451 g/mol. The summed E-state index contributed by atoms with van der Waals surface area (Å²) in [5.41, 5.74) is 8.86. The molecule has 33 heavy (non-hydrogen) atoms. The summed E-state index contributed by atoms with van der Waals surface area (Å²) in [4.78, 5) is 13.2. The van der Waals surface area contributed by atoms with Crippen LogP contribution in [0.15, 0.2) is 36.9 Å². The molecule has 0 unspecified atom stereocenters. The van der Waals surface area contributed by atoms with E-state index in [-0.39, 0.29) is 0 Å². The second-order valence-corrected chi connectivity index (χ2v) is 9.09. The molecule has 180 valence electrons. The van der Waals surface area contributed by atoms with Crippen molar-refractivity contribution in [3.05, 3.63) is 36.9 Å². The van der Waals surface area contributed by atoms with E-state index < -0.39 is 0 Å². The fourth-order valence-corrected chi connectivity index (χ4v) is 4.37. The summed E-state index contributed by atoms with van der Waals surface area (Å²) in [6.07, 6.45) is 22.5. The summed E-state index contributed by atoms with van der Waals surface area (Å²) < 4.78 is 1.92. The SMILES string of the molecule is CCCCCCCCCCCCCCCCNc1ncnc(-n2cnc3ccccc32)c1N. The van der Waals surface area contributed by atoms with Crippen LogP contribution in [0.4, 0.5) is 11.5 Å². The number of benzene rings is 1. The van der Waals surface area contributed by atoms with Crippen LogP contribution in [0.25, 0.3) is 16.9 Å². The number of imidazole rings is 1. The zero-order chi connectivity index (χ0) is 23.1. The molecule has 0 aliphatic rings. The highest BCUT2D eigenvalue weighted by molar-refractivity contribution is 5.80. The number of aromatic nitrogens is 4. The highest BCUT2D eigenvalue weighted by Crippen LogP contribution is 2.25. The molecule has 0 fully saturated rings. The number of para-hydroxylation sites is 2. The first-order valence-electron chi connectivity index (χ1n) is 13.1. The molecule has 3 N–H and O–H groups in total. The van der Waals surface area contributed by atoms with E-state index in [1.54, 1.807) is 12.7 Å². The van der Waals surface area contributed by atoms with Crippen LogP contribution in [0.3, 0.4) is 0 Å². The molecule has 3 rings (SSSR count). The van der Waals surface area contributed by atoms with Crippen molar-refractivity contribution in [1.82, 2.24) is 19.5 Å². The topological polar surface area (TPSA) is 81.7 Å². The van der Waals surface area contributed by atoms with E-state index in [9.17, 15) is 0 Å². The van der Waals surface area contributed by atoms with Crippen LogP contribution in [0.5, 0.6) is 0 Å². The summed E-state index contributed by atoms with van der Waals surface area (Å²) in [5.74, 6) is 1.37. The molecule has 3 aromatic rings. The highest BCUT2D eigenvalue weighted by atomic mass is 15.2. The number of nitrogens with two attached hydrogens (primary N) is 1. The molecule has 0 aliphatic heterocycles. The van der Waals surface area contributed by atoms with Gasteiger partial charge in [-0.2, -0.15) is 0 Å². The minimum Gasteiger partial charge on any atom is -0.393 e. The summed E-state index contributed by atoms with van der Waals surface area (Å²) in [7, 11) is 0. The molecule has 1 aromatic carbocycles. The van der Waals surface area contributed by atoms with E-state index in [1.807, 2.05) is 28.8 Å². The minimum atomic E-state index is 0.561. The maximum absolute atomic E-state index is 6.39. The molecule has 2 heterocycles. The Morgan fingerprint density at radius 2 is 1.36 bits per heavy atom.